The van der Waals surface area contributed by atoms with Crippen molar-refractivity contribution in [3.8, 4) is 5.75 Å². The van der Waals surface area contributed by atoms with E-state index in [2.05, 4.69) is 38.5 Å². The fraction of sp³-hybridized carbons (Fsp3) is 0.385. The third kappa shape index (κ3) is 4.65. The molecule has 1 aromatic carbocycles. The van der Waals surface area contributed by atoms with Crippen LogP contribution in [0.1, 0.15) is 12.6 Å². The molecule has 0 amide bonds. The summed E-state index contributed by atoms with van der Waals surface area (Å²) in [7, 11) is 0. The minimum Gasteiger partial charge on any atom is -0.492 e. The van der Waals surface area contributed by atoms with Crippen molar-refractivity contribution in [1.29, 1.82) is 0 Å². The molecular weight excluding hydrogens is 308 g/mol. The van der Waals surface area contributed by atoms with Gasteiger partial charge in [0.15, 0.2) is 0 Å². The third-order valence-corrected chi connectivity index (χ3v) is 3.07. The van der Waals surface area contributed by atoms with Crippen molar-refractivity contribution >= 4 is 15.9 Å². The average Bonchev–Trinajstić information content (AvgIpc) is 2.87. The van der Waals surface area contributed by atoms with Crippen LogP contribution >= 0.6 is 15.9 Å². The van der Waals surface area contributed by atoms with Gasteiger partial charge in [0.1, 0.15) is 12.4 Å². The summed E-state index contributed by atoms with van der Waals surface area (Å²) < 4.78 is 8.47. The standard InChI is InChI=1S/C13H17BrN4O/c1-2-15-9-12-10-18(17-16-12)7-8-19-13-5-3-11(14)4-6-13/h3-6,10,15H,2,7-9H2,1H3. The van der Waals surface area contributed by atoms with Crippen molar-refractivity contribution in [2.75, 3.05) is 13.2 Å². The van der Waals surface area contributed by atoms with Gasteiger partial charge in [-0.25, -0.2) is 4.68 Å². The number of nitrogens with one attached hydrogen (secondary N) is 1. The van der Waals surface area contributed by atoms with Crippen LogP contribution in [0.3, 0.4) is 0 Å². The third-order valence-electron chi connectivity index (χ3n) is 2.54. The van der Waals surface area contributed by atoms with Crippen molar-refractivity contribution in [3.63, 3.8) is 0 Å². The second-order valence-corrected chi connectivity index (χ2v) is 4.97. The van der Waals surface area contributed by atoms with Crippen LogP contribution in [0.4, 0.5) is 0 Å². The molecule has 0 saturated heterocycles. The summed E-state index contributed by atoms with van der Waals surface area (Å²) >= 11 is 3.39. The van der Waals surface area contributed by atoms with E-state index in [0.29, 0.717) is 13.2 Å². The van der Waals surface area contributed by atoms with Gasteiger partial charge in [0, 0.05) is 17.2 Å². The fourth-order valence-corrected chi connectivity index (χ4v) is 1.83. The van der Waals surface area contributed by atoms with E-state index < -0.39 is 0 Å². The van der Waals surface area contributed by atoms with E-state index in [1.54, 1.807) is 4.68 Å². The Morgan fingerprint density at radius 3 is 2.84 bits per heavy atom. The zero-order valence-electron chi connectivity index (χ0n) is 10.8. The molecule has 0 saturated carbocycles. The van der Waals surface area contributed by atoms with Crippen LogP contribution in [0.2, 0.25) is 0 Å². The van der Waals surface area contributed by atoms with E-state index in [-0.39, 0.29) is 0 Å². The highest BCUT2D eigenvalue weighted by molar-refractivity contribution is 9.10. The summed E-state index contributed by atoms with van der Waals surface area (Å²) in [5.41, 5.74) is 0.950. The van der Waals surface area contributed by atoms with Gasteiger partial charge in [0.2, 0.25) is 0 Å². The minimum absolute atomic E-state index is 0.575. The lowest BCUT2D eigenvalue weighted by atomic mass is 10.3. The number of halogens is 1. The van der Waals surface area contributed by atoms with Gasteiger partial charge < -0.3 is 10.1 Å². The first-order valence-corrected chi connectivity index (χ1v) is 7.05. The predicted octanol–water partition coefficient (Wildman–Crippen LogP) is 2.23. The van der Waals surface area contributed by atoms with Gasteiger partial charge in [-0.05, 0) is 30.8 Å². The summed E-state index contributed by atoms with van der Waals surface area (Å²) in [6.07, 6.45) is 1.94. The number of rotatable bonds is 7. The molecule has 6 heteroatoms. The zero-order valence-corrected chi connectivity index (χ0v) is 12.4. The first-order chi connectivity index (χ1) is 9.28. The van der Waals surface area contributed by atoms with Crippen molar-refractivity contribution in [2.24, 2.45) is 0 Å². The van der Waals surface area contributed by atoms with Crippen LogP contribution < -0.4 is 10.1 Å². The molecule has 2 aromatic rings. The number of hydrogen-bond donors (Lipinski definition) is 1. The molecule has 19 heavy (non-hydrogen) atoms. The van der Waals surface area contributed by atoms with Gasteiger partial charge in [-0.1, -0.05) is 28.1 Å². The fourth-order valence-electron chi connectivity index (χ4n) is 1.57. The molecule has 102 valence electrons. The van der Waals surface area contributed by atoms with Gasteiger partial charge in [-0.2, -0.15) is 0 Å². The van der Waals surface area contributed by atoms with Gasteiger partial charge in [0.25, 0.3) is 0 Å². The van der Waals surface area contributed by atoms with Crippen molar-refractivity contribution in [3.05, 3.63) is 40.6 Å². The summed E-state index contributed by atoms with van der Waals surface area (Å²) in [5, 5.41) is 11.3. The summed E-state index contributed by atoms with van der Waals surface area (Å²) in [4.78, 5) is 0. The SMILES string of the molecule is CCNCc1cn(CCOc2ccc(Br)cc2)nn1. The molecule has 0 aliphatic rings. The maximum Gasteiger partial charge on any atom is 0.119 e. The number of ether oxygens (including phenoxy) is 1. The van der Waals surface area contributed by atoms with Gasteiger partial charge in [-0.3, -0.25) is 0 Å². The van der Waals surface area contributed by atoms with E-state index in [1.165, 1.54) is 0 Å². The number of hydrogen-bond acceptors (Lipinski definition) is 4. The topological polar surface area (TPSA) is 52.0 Å². The zero-order chi connectivity index (χ0) is 13.5. The smallest absolute Gasteiger partial charge is 0.119 e. The maximum absolute atomic E-state index is 5.63. The Hall–Kier alpha value is -1.40. The molecule has 0 unspecified atom stereocenters. The summed E-state index contributed by atoms with van der Waals surface area (Å²) in [5.74, 6) is 0.858. The van der Waals surface area contributed by atoms with E-state index in [9.17, 15) is 0 Å². The minimum atomic E-state index is 0.575. The lowest BCUT2D eigenvalue weighted by Crippen LogP contribution is -2.12. The van der Waals surface area contributed by atoms with E-state index >= 15 is 0 Å². The van der Waals surface area contributed by atoms with Crippen LogP contribution in [0, 0.1) is 0 Å². The lowest BCUT2D eigenvalue weighted by molar-refractivity contribution is 0.289. The molecule has 0 radical (unpaired) electrons. The molecule has 0 atom stereocenters. The van der Waals surface area contributed by atoms with Crippen LogP contribution in [0.15, 0.2) is 34.9 Å². The van der Waals surface area contributed by atoms with E-state index in [4.69, 9.17) is 4.74 Å². The predicted molar refractivity (Wildman–Crippen MR) is 77.0 cm³/mol. The maximum atomic E-state index is 5.63. The molecule has 1 N–H and O–H groups in total. The largest absolute Gasteiger partial charge is 0.492 e. The Balaban J connectivity index is 1.76. The van der Waals surface area contributed by atoms with E-state index in [1.807, 2.05) is 30.5 Å². The van der Waals surface area contributed by atoms with Crippen LogP contribution in [0.25, 0.3) is 0 Å². The quantitative estimate of drug-likeness (QED) is 0.848. The number of benzene rings is 1. The highest BCUT2D eigenvalue weighted by atomic mass is 79.9. The second kappa shape index (κ2) is 7.25. The molecule has 0 bridgehead atoms. The van der Waals surface area contributed by atoms with Crippen molar-refractivity contribution in [1.82, 2.24) is 20.3 Å². The monoisotopic (exact) mass is 324 g/mol. The lowest BCUT2D eigenvalue weighted by Gasteiger charge is -2.05. The van der Waals surface area contributed by atoms with Crippen molar-refractivity contribution in [2.45, 2.75) is 20.0 Å². The molecular formula is C13H17BrN4O. The van der Waals surface area contributed by atoms with E-state index in [0.717, 1.165) is 29.0 Å². The Labute approximate surface area is 121 Å². The molecule has 1 heterocycles. The molecule has 0 aliphatic heterocycles. The Kier molecular flexibility index (Phi) is 5.35. The Morgan fingerprint density at radius 2 is 2.11 bits per heavy atom. The van der Waals surface area contributed by atoms with Crippen LogP contribution in [-0.2, 0) is 13.1 Å². The molecule has 0 fully saturated rings. The molecule has 1 aromatic heterocycles. The Bertz CT molecular complexity index is 498. The number of nitrogens with zero attached hydrogens (tertiary/aromatic N) is 3. The molecule has 0 aliphatic carbocycles. The van der Waals surface area contributed by atoms with Gasteiger partial charge in [-0.15, -0.1) is 5.10 Å². The first kappa shape index (κ1) is 14.0. The van der Waals surface area contributed by atoms with Crippen LogP contribution in [-0.4, -0.2) is 28.1 Å². The Morgan fingerprint density at radius 1 is 1.32 bits per heavy atom. The summed E-state index contributed by atoms with van der Waals surface area (Å²) in [6, 6.07) is 7.78. The van der Waals surface area contributed by atoms with Crippen molar-refractivity contribution < 1.29 is 4.74 Å². The van der Waals surface area contributed by atoms with Gasteiger partial charge >= 0.3 is 0 Å². The normalized spacial score (nSPS) is 10.6. The van der Waals surface area contributed by atoms with Crippen LogP contribution in [0.5, 0.6) is 5.75 Å². The first-order valence-electron chi connectivity index (χ1n) is 6.26. The molecule has 5 nitrogen and oxygen atoms in total. The molecule has 2 rings (SSSR count). The highest BCUT2D eigenvalue weighted by Gasteiger charge is 2.00. The summed E-state index contributed by atoms with van der Waals surface area (Å²) in [6.45, 7) is 5.01. The molecule has 0 spiro atoms. The number of aromatic nitrogens is 3. The van der Waals surface area contributed by atoms with Gasteiger partial charge in [0.05, 0.1) is 12.2 Å². The average molecular weight is 325 g/mol. The highest BCUT2D eigenvalue weighted by Crippen LogP contribution is 2.15. The second-order valence-electron chi connectivity index (χ2n) is 4.06.